The van der Waals surface area contributed by atoms with Crippen LogP contribution in [0.2, 0.25) is 0 Å². The summed E-state index contributed by atoms with van der Waals surface area (Å²) in [7, 11) is 0. The van der Waals surface area contributed by atoms with Gasteiger partial charge in [-0.25, -0.2) is 9.78 Å². The second kappa shape index (κ2) is 5.18. The van der Waals surface area contributed by atoms with Crippen molar-refractivity contribution in [1.29, 1.82) is 0 Å². The molecule has 0 unspecified atom stereocenters. The van der Waals surface area contributed by atoms with Crippen molar-refractivity contribution >= 4 is 5.97 Å². The SMILES string of the molecule is O=C(O)c1ccc(COc2ccccc2O)cn1. The molecule has 2 N–H and O–H groups in total. The van der Waals surface area contributed by atoms with Crippen LogP contribution in [0.4, 0.5) is 0 Å². The first kappa shape index (κ1) is 11.9. The number of carboxylic acid groups (broad SMARTS) is 1. The number of phenolic OH excluding ortho intramolecular Hbond substituents is 1. The van der Waals surface area contributed by atoms with E-state index in [1.54, 1.807) is 24.3 Å². The van der Waals surface area contributed by atoms with Gasteiger partial charge in [-0.1, -0.05) is 18.2 Å². The maximum Gasteiger partial charge on any atom is 0.354 e. The van der Waals surface area contributed by atoms with Crippen molar-refractivity contribution in [2.45, 2.75) is 6.61 Å². The molecule has 0 spiro atoms. The van der Waals surface area contributed by atoms with Gasteiger partial charge in [0.25, 0.3) is 0 Å². The zero-order valence-electron chi connectivity index (χ0n) is 9.41. The van der Waals surface area contributed by atoms with Crippen LogP contribution < -0.4 is 4.74 Å². The first-order valence-electron chi connectivity index (χ1n) is 5.26. The number of benzene rings is 1. The van der Waals surface area contributed by atoms with E-state index in [2.05, 4.69) is 4.98 Å². The molecule has 0 bridgehead atoms. The lowest BCUT2D eigenvalue weighted by Crippen LogP contribution is -2.02. The molecule has 2 aromatic rings. The van der Waals surface area contributed by atoms with E-state index in [0.717, 1.165) is 5.56 Å². The third kappa shape index (κ3) is 2.76. The number of hydrogen-bond donors (Lipinski definition) is 2. The molecule has 0 saturated heterocycles. The highest BCUT2D eigenvalue weighted by Gasteiger charge is 2.05. The summed E-state index contributed by atoms with van der Waals surface area (Å²) >= 11 is 0. The molecule has 1 aromatic carbocycles. The zero-order valence-corrected chi connectivity index (χ0v) is 9.41. The molecule has 0 amide bonds. The van der Waals surface area contributed by atoms with Crippen molar-refractivity contribution in [1.82, 2.24) is 4.98 Å². The minimum atomic E-state index is -1.07. The molecule has 0 aliphatic carbocycles. The number of pyridine rings is 1. The molecular formula is C13H11NO4. The van der Waals surface area contributed by atoms with Gasteiger partial charge in [0, 0.05) is 11.8 Å². The zero-order chi connectivity index (χ0) is 13.0. The van der Waals surface area contributed by atoms with Crippen molar-refractivity contribution in [2.75, 3.05) is 0 Å². The Hall–Kier alpha value is -2.56. The number of carboxylic acids is 1. The van der Waals surface area contributed by atoms with Gasteiger partial charge in [0.05, 0.1) is 0 Å². The van der Waals surface area contributed by atoms with Gasteiger partial charge in [0.2, 0.25) is 0 Å². The second-order valence-electron chi connectivity index (χ2n) is 3.61. The number of hydrogen-bond acceptors (Lipinski definition) is 4. The lowest BCUT2D eigenvalue weighted by atomic mass is 10.2. The second-order valence-corrected chi connectivity index (χ2v) is 3.61. The van der Waals surface area contributed by atoms with E-state index in [1.165, 1.54) is 18.3 Å². The maximum absolute atomic E-state index is 10.6. The predicted molar refractivity (Wildman–Crippen MR) is 63.6 cm³/mol. The molecule has 92 valence electrons. The first-order chi connectivity index (χ1) is 8.66. The Morgan fingerprint density at radius 1 is 1.22 bits per heavy atom. The van der Waals surface area contributed by atoms with Crippen molar-refractivity contribution in [3.63, 3.8) is 0 Å². The molecule has 0 aliphatic heterocycles. The average Bonchev–Trinajstić information content (AvgIpc) is 2.38. The van der Waals surface area contributed by atoms with Crippen molar-refractivity contribution in [2.24, 2.45) is 0 Å². The molecule has 18 heavy (non-hydrogen) atoms. The highest BCUT2D eigenvalue weighted by atomic mass is 16.5. The molecule has 0 radical (unpaired) electrons. The topological polar surface area (TPSA) is 79.7 Å². The highest BCUT2D eigenvalue weighted by molar-refractivity contribution is 5.85. The Bertz CT molecular complexity index is 551. The number of aromatic carboxylic acids is 1. The van der Waals surface area contributed by atoms with Crippen LogP contribution in [0.3, 0.4) is 0 Å². The minimum Gasteiger partial charge on any atom is -0.504 e. The molecule has 5 heteroatoms. The number of para-hydroxylation sites is 2. The van der Waals surface area contributed by atoms with Crippen LogP contribution in [0.5, 0.6) is 11.5 Å². The molecular weight excluding hydrogens is 234 g/mol. The Morgan fingerprint density at radius 3 is 2.61 bits per heavy atom. The van der Waals surface area contributed by atoms with Gasteiger partial charge in [-0.15, -0.1) is 0 Å². The lowest BCUT2D eigenvalue weighted by Gasteiger charge is -2.07. The van der Waals surface area contributed by atoms with E-state index in [-0.39, 0.29) is 18.1 Å². The third-order valence-corrected chi connectivity index (χ3v) is 2.30. The van der Waals surface area contributed by atoms with E-state index >= 15 is 0 Å². The van der Waals surface area contributed by atoms with Crippen molar-refractivity contribution in [3.8, 4) is 11.5 Å². The molecule has 0 aliphatic rings. The van der Waals surface area contributed by atoms with E-state index in [0.29, 0.717) is 5.75 Å². The van der Waals surface area contributed by atoms with Gasteiger partial charge in [0.15, 0.2) is 11.5 Å². The molecule has 0 atom stereocenters. The number of rotatable bonds is 4. The highest BCUT2D eigenvalue weighted by Crippen LogP contribution is 2.25. The quantitative estimate of drug-likeness (QED) is 0.861. The summed E-state index contributed by atoms with van der Waals surface area (Å²) in [6, 6.07) is 9.66. The van der Waals surface area contributed by atoms with Gasteiger partial charge in [-0.05, 0) is 18.2 Å². The smallest absolute Gasteiger partial charge is 0.354 e. The van der Waals surface area contributed by atoms with Crippen LogP contribution in [0, 0.1) is 0 Å². The van der Waals surface area contributed by atoms with Crippen LogP contribution in [0.25, 0.3) is 0 Å². The summed E-state index contributed by atoms with van der Waals surface area (Å²) in [6.07, 6.45) is 1.43. The summed E-state index contributed by atoms with van der Waals surface area (Å²) in [5, 5.41) is 18.2. The normalized spacial score (nSPS) is 10.0. The number of carbonyl (C=O) groups is 1. The maximum atomic E-state index is 10.6. The Labute approximate surface area is 103 Å². The fourth-order valence-corrected chi connectivity index (χ4v) is 1.38. The van der Waals surface area contributed by atoms with Crippen LogP contribution in [0.1, 0.15) is 16.1 Å². The molecule has 1 heterocycles. The van der Waals surface area contributed by atoms with Crippen LogP contribution in [-0.4, -0.2) is 21.2 Å². The molecule has 0 fully saturated rings. The van der Waals surface area contributed by atoms with Gasteiger partial charge < -0.3 is 14.9 Å². The molecule has 5 nitrogen and oxygen atoms in total. The summed E-state index contributed by atoms with van der Waals surface area (Å²) in [6.45, 7) is 0.213. The average molecular weight is 245 g/mol. The molecule has 1 aromatic heterocycles. The Balaban J connectivity index is 2.02. The third-order valence-electron chi connectivity index (χ3n) is 2.30. The van der Waals surface area contributed by atoms with Gasteiger partial charge >= 0.3 is 5.97 Å². The summed E-state index contributed by atoms with van der Waals surface area (Å²) in [5.74, 6) is -0.629. The molecule has 2 rings (SSSR count). The monoisotopic (exact) mass is 245 g/mol. The largest absolute Gasteiger partial charge is 0.504 e. The fraction of sp³-hybridized carbons (Fsp3) is 0.0769. The number of aromatic hydroxyl groups is 1. The molecule has 0 saturated carbocycles. The van der Waals surface area contributed by atoms with Gasteiger partial charge in [-0.2, -0.15) is 0 Å². The Morgan fingerprint density at radius 2 is 2.00 bits per heavy atom. The van der Waals surface area contributed by atoms with E-state index in [9.17, 15) is 9.90 Å². The Kier molecular flexibility index (Phi) is 3.43. The number of ether oxygens (including phenoxy) is 1. The van der Waals surface area contributed by atoms with Crippen LogP contribution in [-0.2, 0) is 6.61 Å². The van der Waals surface area contributed by atoms with Crippen molar-refractivity contribution < 1.29 is 19.7 Å². The first-order valence-corrected chi connectivity index (χ1v) is 5.26. The number of nitrogens with zero attached hydrogens (tertiary/aromatic N) is 1. The summed E-state index contributed by atoms with van der Waals surface area (Å²) < 4.78 is 5.39. The number of phenols is 1. The van der Waals surface area contributed by atoms with Crippen LogP contribution in [0.15, 0.2) is 42.6 Å². The lowest BCUT2D eigenvalue weighted by molar-refractivity contribution is 0.0690. The summed E-state index contributed by atoms with van der Waals surface area (Å²) in [5.41, 5.74) is 0.713. The standard InChI is InChI=1S/C13H11NO4/c15-11-3-1-2-4-12(11)18-8-9-5-6-10(13(16)17)14-7-9/h1-7,15H,8H2,(H,16,17). The van der Waals surface area contributed by atoms with Gasteiger partial charge in [-0.3, -0.25) is 0 Å². The number of aromatic nitrogens is 1. The summed E-state index contributed by atoms with van der Waals surface area (Å²) in [4.78, 5) is 14.4. The van der Waals surface area contributed by atoms with E-state index in [1.807, 2.05) is 0 Å². The van der Waals surface area contributed by atoms with Gasteiger partial charge in [0.1, 0.15) is 12.3 Å². The minimum absolute atomic E-state index is 0.0127. The van der Waals surface area contributed by atoms with Crippen molar-refractivity contribution in [3.05, 3.63) is 53.9 Å². The van der Waals surface area contributed by atoms with Crippen LogP contribution >= 0.6 is 0 Å². The van der Waals surface area contributed by atoms with E-state index < -0.39 is 5.97 Å². The fourth-order valence-electron chi connectivity index (χ4n) is 1.38. The van der Waals surface area contributed by atoms with E-state index in [4.69, 9.17) is 9.84 Å². The predicted octanol–water partition coefficient (Wildman–Crippen LogP) is 2.06.